The van der Waals surface area contributed by atoms with Crippen molar-refractivity contribution in [2.75, 3.05) is 0 Å². The van der Waals surface area contributed by atoms with Crippen LogP contribution in [-0.2, 0) is 0 Å². The van der Waals surface area contributed by atoms with Gasteiger partial charge in [0.2, 0.25) is 0 Å². The maximum atomic E-state index is 6.34. The molecule has 18 aromatic rings. The Labute approximate surface area is 565 Å². The van der Waals surface area contributed by atoms with Crippen LogP contribution in [0.4, 0.5) is 0 Å². The standard InChI is InChI=1S/C89H57N9/c1-9-29-58(30-10-1)66-50-53-77-72(55-66)69-45-25-27-47-75(69)97(77)88-80(60-33-13-3-14-34-60)79(81(61-35-15-4-16-36-61)89(96-88)98-76-48-28-26-46-70(76)73-56-67(51-54-78(73)98)59-31-11-2-12-32-59)68-49-52-71(86-92-82(62-37-17-5-18-38-62)90-83(93-86)63-39-19-6-20-40-63)74(57-68)87-94-84(64-41-21-7-22-42-64)91-85(95-87)65-43-23-8-24-44-65/h1-57H. The molecule has 0 radical (unpaired) electrons. The molecule has 0 aliphatic rings. The molecule has 13 aromatic carbocycles. The maximum absolute atomic E-state index is 6.34. The molecule has 9 nitrogen and oxygen atoms in total. The van der Waals surface area contributed by atoms with Gasteiger partial charge < -0.3 is 0 Å². The van der Waals surface area contributed by atoms with Gasteiger partial charge >= 0.3 is 0 Å². The van der Waals surface area contributed by atoms with Crippen molar-refractivity contribution < 1.29 is 0 Å². The zero-order valence-corrected chi connectivity index (χ0v) is 52.9. The highest BCUT2D eigenvalue weighted by molar-refractivity contribution is 6.14. The normalized spacial score (nSPS) is 11.5. The number of nitrogens with zero attached hydrogens (tertiary/aromatic N) is 9. The lowest BCUT2D eigenvalue weighted by Gasteiger charge is -2.25. The summed E-state index contributed by atoms with van der Waals surface area (Å²) in [5.74, 6) is 4.46. The second-order valence-corrected chi connectivity index (χ2v) is 24.4. The third kappa shape index (κ3) is 10.3. The minimum absolute atomic E-state index is 0.433. The Morgan fingerprint density at radius 3 is 0.816 bits per heavy atom. The summed E-state index contributed by atoms with van der Waals surface area (Å²) in [5.41, 5.74) is 18.9. The topological polar surface area (TPSA) is 100 Å². The van der Waals surface area contributed by atoms with Crippen LogP contribution in [-0.4, -0.2) is 44.0 Å². The van der Waals surface area contributed by atoms with Gasteiger partial charge in [-0.25, -0.2) is 34.9 Å². The van der Waals surface area contributed by atoms with Gasteiger partial charge in [0.05, 0.1) is 22.1 Å². The summed E-state index contributed by atoms with van der Waals surface area (Å²) in [6.45, 7) is 0. The molecular weight excluding hydrogens is 1200 g/mol. The lowest BCUT2D eigenvalue weighted by molar-refractivity contribution is 1.02. The Morgan fingerprint density at radius 2 is 0.449 bits per heavy atom. The van der Waals surface area contributed by atoms with Crippen molar-refractivity contribution in [2.45, 2.75) is 0 Å². The highest BCUT2D eigenvalue weighted by Gasteiger charge is 2.31. The lowest BCUT2D eigenvalue weighted by atomic mass is 9.86. The van der Waals surface area contributed by atoms with Gasteiger partial charge in [-0.15, -0.1) is 0 Å². The molecule has 0 N–H and O–H groups in total. The number of benzene rings is 13. The quantitative estimate of drug-likeness (QED) is 0.113. The molecule has 0 atom stereocenters. The number of hydrogen-bond acceptors (Lipinski definition) is 7. The third-order valence-corrected chi connectivity index (χ3v) is 18.5. The lowest BCUT2D eigenvalue weighted by Crippen LogP contribution is -2.10. The first-order chi connectivity index (χ1) is 48.6. The third-order valence-electron chi connectivity index (χ3n) is 18.5. The van der Waals surface area contributed by atoms with E-state index in [1.165, 1.54) is 0 Å². The van der Waals surface area contributed by atoms with Crippen LogP contribution in [0.5, 0.6) is 0 Å². The fourth-order valence-electron chi connectivity index (χ4n) is 13.9. The summed E-state index contributed by atoms with van der Waals surface area (Å²) in [6.07, 6.45) is 0. The van der Waals surface area contributed by atoms with Crippen LogP contribution in [0.15, 0.2) is 346 Å². The van der Waals surface area contributed by atoms with E-state index < -0.39 is 0 Å². The molecule has 0 saturated carbocycles. The van der Waals surface area contributed by atoms with Gasteiger partial charge in [-0.05, 0) is 87.5 Å². The fourth-order valence-corrected chi connectivity index (χ4v) is 13.9. The predicted molar refractivity (Wildman–Crippen MR) is 399 cm³/mol. The summed E-state index contributed by atoms with van der Waals surface area (Å²) in [7, 11) is 0. The van der Waals surface area contributed by atoms with Crippen LogP contribution < -0.4 is 0 Å². The molecular formula is C89H57N9. The Hall–Kier alpha value is -13.4. The van der Waals surface area contributed by atoms with Gasteiger partial charge in [0.15, 0.2) is 34.9 Å². The van der Waals surface area contributed by atoms with Crippen LogP contribution in [0.3, 0.4) is 0 Å². The van der Waals surface area contributed by atoms with E-state index >= 15 is 0 Å². The summed E-state index contributed by atoms with van der Waals surface area (Å²) >= 11 is 0. The van der Waals surface area contributed by atoms with Crippen LogP contribution in [0.25, 0.3) is 179 Å². The number of hydrogen-bond donors (Lipinski definition) is 0. The average Bonchev–Trinajstić information content (AvgIpc) is 1.80. The molecule has 0 spiro atoms. The first-order valence-electron chi connectivity index (χ1n) is 32.9. The first kappa shape index (κ1) is 57.3. The van der Waals surface area contributed by atoms with Crippen molar-refractivity contribution in [1.82, 2.24) is 44.0 Å². The largest absolute Gasteiger partial charge is 0.293 e. The summed E-state index contributed by atoms with van der Waals surface area (Å²) in [6, 6.07) is 121. The second kappa shape index (κ2) is 24.5. The molecule has 0 saturated heterocycles. The molecule has 18 rings (SSSR count). The highest BCUT2D eigenvalue weighted by atomic mass is 15.1. The van der Waals surface area contributed by atoms with Crippen LogP contribution in [0, 0.1) is 0 Å². The van der Waals surface area contributed by atoms with Crippen LogP contribution >= 0.6 is 0 Å². The van der Waals surface area contributed by atoms with E-state index in [4.69, 9.17) is 34.9 Å². The highest BCUT2D eigenvalue weighted by Crippen LogP contribution is 2.51. The number of rotatable bonds is 13. The number of fused-ring (bicyclic) bond motifs is 6. The van der Waals surface area contributed by atoms with Gasteiger partial charge in [0.25, 0.3) is 0 Å². The summed E-state index contributed by atoms with van der Waals surface area (Å²) < 4.78 is 4.79. The van der Waals surface area contributed by atoms with E-state index in [9.17, 15) is 0 Å². The van der Waals surface area contributed by atoms with Crippen molar-refractivity contribution in [1.29, 1.82) is 0 Å². The number of para-hydroxylation sites is 2. The zero-order valence-electron chi connectivity index (χ0n) is 52.9. The molecule has 458 valence electrons. The Bertz CT molecular complexity index is 5670. The van der Waals surface area contributed by atoms with E-state index in [-0.39, 0.29) is 0 Å². The minimum Gasteiger partial charge on any atom is -0.293 e. The first-order valence-corrected chi connectivity index (χ1v) is 32.9. The smallest absolute Gasteiger partial charge is 0.164 e. The second-order valence-electron chi connectivity index (χ2n) is 24.4. The molecule has 0 unspecified atom stereocenters. The van der Waals surface area contributed by atoms with E-state index in [0.717, 1.165) is 133 Å². The molecule has 5 aromatic heterocycles. The van der Waals surface area contributed by atoms with Crippen molar-refractivity contribution in [2.24, 2.45) is 0 Å². The zero-order chi connectivity index (χ0) is 64.9. The Morgan fingerprint density at radius 1 is 0.163 bits per heavy atom. The van der Waals surface area contributed by atoms with Gasteiger partial charge in [-0.1, -0.05) is 297 Å². The fraction of sp³-hybridized carbons (Fsp3) is 0. The van der Waals surface area contributed by atoms with Crippen molar-refractivity contribution >= 4 is 43.6 Å². The summed E-state index contributed by atoms with van der Waals surface area (Å²) in [5, 5.41) is 4.42. The Balaban J connectivity index is 1.02. The van der Waals surface area contributed by atoms with Gasteiger partial charge in [0, 0.05) is 71.6 Å². The average molecular weight is 1250 g/mol. The van der Waals surface area contributed by atoms with E-state index in [0.29, 0.717) is 46.1 Å². The molecule has 0 bridgehead atoms. The van der Waals surface area contributed by atoms with E-state index in [2.05, 4.69) is 234 Å². The molecule has 98 heavy (non-hydrogen) atoms. The molecule has 9 heteroatoms. The van der Waals surface area contributed by atoms with Crippen molar-refractivity contribution in [3.8, 4) is 136 Å². The van der Waals surface area contributed by atoms with Gasteiger partial charge in [-0.2, -0.15) is 0 Å². The molecule has 0 amide bonds. The van der Waals surface area contributed by atoms with Gasteiger partial charge in [0.1, 0.15) is 11.6 Å². The molecule has 0 aliphatic heterocycles. The van der Waals surface area contributed by atoms with Crippen LogP contribution in [0.2, 0.25) is 0 Å². The van der Waals surface area contributed by atoms with E-state index in [1.54, 1.807) is 0 Å². The predicted octanol–water partition coefficient (Wildman–Crippen LogP) is 22.0. The molecule has 5 heterocycles. The number of aromatic nitrogens is 9. The Kier molecular flexibility index (Phi) is 14.3. The van der Waals surface area contributed by atoms with Crippen LogP contribution in [0.1, 0.15) is 0 Å². The van der Waals surface area contributed by atoms with Gasteiger partial charge in [-0.3, -0.25) is 9.13 Å². The monoisotopic (exact) mass is 1250 g/mol. The van der Waals surface area contributed by atoms with Crippen molar-refractivity contribution in [3.63, 3.8) is 0 Å². The van der Waals surface area contributed by atoms with Crippen molar-refractivity contribution in [3.05, 3.63) is 346 Å². The van der Waals surface area contributed by atoms with E-state index in [1.807, 2.05) is 121 Å². The number of pyridine rings is 1. The maximum Gasteiger partial charge on any atom is 0.164 e. The minimum atomic E-state index is 0.433. The SMILES string of the molecule is c1ccc(-c2ccc3c(c2)c2ccccc2n3-c2nc(-n3c4ccccc4c4cc(-c5ccccc5)ccc43)c(-c3ccccc3)c(-c3ccc(-c4nc(-c5ccccc5)nc(-c5ccccc5)n4)c(-c4nc(-c5ccccc5)nc(-c5ccccc5)n4)c3)c2-c2ccccc2)cc1. The summed E-state index contributed by atoms with van der Waals surface area (Å²) in [4.78, 5) is 38.7. The molecule has 0 aliphatic carbocycles. The molecule has 0 fully saturated rings.